The van der Waals surface area contributed by atoms with Crippen LogP contribution in [0.5, 0.6) is 11.5 Å². The summed E-state index contributed by atoms with van der Waals surface area (Å²) in [5.74, 6) is 0.775. The van der Waals surface area contributed by atoms with Gasteiger partial charge in [-0.1, -0.05) is 30.2 Å². The first-order valence-corrected chi connectivity index (χ1v) is 8.20. The molecule has 0 aromatic heterocycles. The summed E-state index contributed by atoms with van der Waals surface area (Å²) in [7, 11) is 1.53. The molecule has 0 radical (unpaired) electrons. The van der Waals surface area contributed by atoms with Crippen LogP contribution in [0, 0.1) is 0 Å². The predicted octanol–water partition coefficient (Wildman–Crippen LogP) is 2.79. The second-order valence-corrected chi connectivity index (χ2v) is 5.74. The van der Waals surface area contributed by atoms with Crippen LogP contribution >= 0.6 is 11.6 Å². The third kappa shape index (κ3) is 4.88. The van der Waals surface area contributed by atoms with Crippen LogP contribution < -0.4 is 20.1 Å². The SMILES string of the molecule is CCCOc1c(Cl)cc(C(=O)NCC2=CCNCC2)cc1OC. The molecule has 5 nitrogen and oxygen atoms in total. The van der Waals surface area contributed by atoms with E-state index >= 15 is 0 Å². The van der Waals surface area contributed by atoms with Crippen molar-refractivity contribution in [3.8, 4) is 11.5 Å². The van der Waals surface area contributed by atoms with E-state index in [1.54, 1.807) is 12.1 Å². The molecular formula is C17H23ClN2O3. The molecule has 0 bridgehead atoms. The molecular weight excluding hydrogens is 316 g/mol. The Labute approximate surface area is 142 Å². The number of nitrogens with one attached hydrogen (secondary N) is 2. The molecule has 6 heteroatoms. The summed E-state index contributed by atoms with van der Waals surface area (Å²) in [5, 5.41) is 6.54. The zero-order chi connectivity index (χ0) is 16.7. The van der Waals surface area contributed by atoms with Crippen molar-refractivity contribution in [2.24, 2.45) is 0 Å². The van der Waals surface area contributed by atoms with Gasteiger partial charge in [-0.2, -0.15) is 0 Å². The maximum atomic E-state index is 12.3. The first-order chi connectivity index (χ1) is 11.2. The van der Waals surface area contributed by atoms with Crippen molar-refractivity contribution >= 4 is 17.5 Å². The fourth-order valence-corrected chi connectivity index (χ4v) is 2.59. The lowest BCUT2D eigenvalue weighted by molar-refractivity contribution is 0.0956. The van der Waals surface area contributed by atoms with Crippen LogP contribution in [0.2, 0.25) is 5.02 Å². The number of hydrogen-bond donors (Lipinski definition) is 2. The maximum Gasteiger partial charge on any atom is 0.251 e. The third-order valence-corrected chi connectivity index (χ3v) is 3.86. The van der Waals surface area contributed by atoms with Crippen LogP contribution in [0.15, 0.2) is 23.8 Å². The zero-order valence-electron chi connectivity index (χ0n) is 13.6. The number of benzene rings is 1. The largest absolute Gasteiger partial charge is 0.493 e. The Kier molecular flexibility index (Phi) is 6.74. The van der Waals surface area contributed by atoms with Crippen molar-refractivity contribution in [3.63, 3.8) is 0 Å². The molecule has 1 heterocycles. The normalized spacial score (nSPS) is 14.1. The van der Waals surface area contributed by atoms with Gasteiger partial charge in [-0.05, 0) is 31.5 Å². The lowest BCUT2D eigenvalue weighted by atomic mass is 10.1. The number of rotatable bonds is 7. The number of ether oxygens (including phenoxy) is 2. The molecule has 0 aliphatic carbocycles. The third-order valence-electron chi connectivity index (χ3n) is 3.58. The van der Waals surface area contributed by atoms with Gasteiger partial charge >= 0.3 is 0 Å². The highest BCUT2D eigenvalue weighted by atomic mass is 35.5. The van der Waals surface area contributed by atoms with Gasteiger partial charge in [0.15, 0.2) is 11.5 Å². The molecule has 0 saturated carbocycles. The van der Waals surface area contributed by atoms with Crippen LogP contribution in [0.3, 0.4) is 0 Å². The van der Waals surface area contributed by atoms with Gasteiger partial charge < -0.3 is 20.1 Å². The van der Waals surface area contributed by atoms with E-state index in [0.29, 0.717) is 35.2 Å². The van der Waals surface area contributed by atoms with E-state index in [1.165, 1.54) is 12.7 Å². The van der Waals surface area contributed by atoms with Gasteiger partial charge in [0.05, 0.1) is 18.7 Å². The summed E-state index contributed by atoms with van der Waals surface area (Å²) in [4.78, 5) is 12.3. The molecule has 23 heavy (non-hydrogen) atoms. The van der Waals surface area contributed by atoms with E-state index in [-0.39, 0.29) is 5.91 Å². The topological polar surface area (TPSA) is 59.6 Å². The second kappa shape index (κ2) is 8.79. The van der Waals surface area contributed by atoms with E-state index in [2.05, 4.69) is 16.7 Å². The Bertz CT molecular complexity index is 587. The van der Waals surface area contributed by atoms with Crippen molar-refractivity contribution in [1.82, 2.24) is 10.6 Å². The Morgan fingerprint density at radius 2 is 2.26 bits per heavy atom. The van der Waals surface area contributed by atoms with Crippen molar-refractivity contribution in [2.45, 2.75) is 19.8 Å². The van der Waals surface area contributed by atoms with Gasteiger partial charge in [0.25, 0.3) is 5.91 Å². The van der Waals surface area contributed by atoms with Crippen molar-refractivity contribution in [2.75, 3.05) is 33.4 Å². The molecule has 1 aliphatic heterocycles. The molecule has 1 aromatic rings. The van der Waals surface area contributed by atoms with Crippen LogP contribution in [0.4, 0.5) is 0 Å². The highest BCUT2D eigenvalue weighted by Gasteiger charge is 2.16. The number of hydrogen-bond acceptors (Lipinski definition) is 4. The molecule has 1 aromatic carbocycles. The standard InChI is InChI=1S/C17H23ClN2O3/c1-3-8-23-16-14(18)9-13(10-15(16)22-2)17(21)20-11-12-4-6-19-7-5-12/h4,9-10,19H,3,5-8,11H2,1-2H3,(H,20,21). The van der Waals surface area contributed by atoms with Crippen molar-refractivity contribution in [1.29, 1.82) is 0 Å². The predicted molar refractivity (Wildman–Crippen MR) is 91.7 cm³/mol. The molecule has 0 spiro atoms. The Balaban J connectivity index is 2.07. The molecule has 1 aliphatic rings. The van der Waals surface area contributed by atoms with Gasteiger partial charge in [0.1, 0.15) is 0 Å². The fourth-order valence-electron chi connectivity index (χ4n) is 2.32. The van der Waals surface area contributed by atoms with Gasteiger partial charge in [-0.3, -0.25) is 4.79 Å². The Morgan fingerprint density at radius 1 is 1.43 bits per heavy atom. The summed E-state index contributed by atoms with van der Waals surface area (Å²) >= 11 is 6.24. The molecule has 126 valence electrons. The quantitative estimate of drug-likeness (QED) is 0.751. The van der Waals surface area contributed by atoms with Crippen LogP contribution in [-0.4, -0.2) is 39.3 Å². The minimum Gasteiger partial charge on any atom is -0.493 e. The average Bonchev–Trinajstić information content (AvgIpc) is 2.58. The minimum absolute atomic E-state index is 0.174. The van der Waals surface area contributed by atoms with Crippen LogP contribution in [0.1, 0.15) is 30.1 Å². The molecule has 0 atom stereocenters. The lowest BCUT2D eigenvalue weighted by Gasteiger charge is -2.16. The highest BCUT2D eigenvalue weighted by molar-refractivity contribution is 6.32. The number of methoxy groups -OCH3 is 1. The average molecular weight is 339 g/mol. The summed E-state index contributed by atoms with van der Waals surface area (Å²) in [5.41, 5.74) is 1.70. The number of halogens is 1. The van der Waals surface area contributed by atoms with Crippen molar-refractivity contribution < 1.29 is 14.3 Å². The Morgan fingerprint density at radius 3 is 2.91 bits per heavy atom. The fraction of sp³-hybridized carbons (Fsp3) is 0.471. The maximum absolute atomic E-state index is 12.3. The first-order valence-electron chi connectivity index (χ1n) is 7.82. The molecule has 2 rings (SSSR count). The van der Waals surface area contributed by atoms with Crippen LogP contribution in [-0.2, 0) is 0 Å². The van der Waals surface area contributed by atoms with Gasteiger partial charge in [0, 0.05) is 18.7 Å². The van der Waals surface area contributed by atoms with E-state index in [1.807, 2.05) is 6.92 Å². The molecule has 0 saturated heterocycles. The summed E-state index contributed by atoms with van der Waals surface area (Å²) < 4.78 is 10.9. The van der Waals surface area contributed by atoms with E-state index in [4.69, 9.17) is 21.1 Å². The summed E-state index contributed by atoms with van der Waals surface area (Å²) in [6.07, 6.45) is 3.93. The van der Waals surface area contributed by atoms with Crippen molar-refractivity contribution in [3.05, 3.63) is 34.4 Å². The highest BCUT2D eigenvalue weighted by Crippen LogP contribution is 2.36. The van der Waals surface area contributed by atoms with Gasteiger partial charge in [-0.25, -0.2) is 0 Å². The number of carbonyl (C=O) groups is 1. The summed E-state index contributed by atoms with van der Waals surface area (Å²) in [6.45, 7) is 4.91. The van der Waals surface area contributed by atoms with Gasteiger partial charge in [-0.15, -0.1) is 0 Å². The molecule has 0 fully saturated rings. The number of amides is 1. The lowest BCUT2D eigenvalue weighted by Crippen LogP contribution is -2.29. The minimum atomic E-state index is -0.174. The Hall–Kier alpha value is -1.72. The zero-order valence-corrected chi connectivity index (χ0v) is 14.3. The second-order valence-electron chi connectivity index (χ2n) is 5.34. The number of carbonyl (C=O) groups excluding carboxylic acids is 1. The monoisotopic (exact) mass is 338 g/mol. The van der Waals surface area contributed by atoms with E-state index in [9.17, 15) is 4.79 Å². The smallest absolute Gasteiger partial charge is 0.251 e. The summed E-state index contributed by atoms with van der Waals surface area (Å²) in [6, 6.07) is 3.27. The molecule has 0 unspecified atom stereocenters. The molecule has 2 N–H and O–H groups in total. The van der Waals surface area contributed by atoms with E-state index < -0.39 is 0 Å². The van der Waals surface area contributed by atoms with Crippen LogP contribution in [0.25, 0.3) is 0 Å². The molecule has 1 amide bonds. The van der Waals surface area contributed by atoms with E-state index in [0.717, 1.165) is 25.9 Å². The van der Waals surface area contributed by atoms with Gasteiger partial charge in [0.2, 0.25) is 0 Å². The first kappa shape index (κ1) is 17.6.